The topological polar surface area (TPSA) is 250 Å². The van der Waals surface area contributed by atoms with Gasteiger partial charge in [-0.25, -0.2) is 4.99 Å². The van der Waals surface area contributed by atoms with E-state index in [1.54, 1.807) is 6.92 Å². The summed E-state index contributed by atoms with van der Waals surface area (Å²) in [6.07, 6.45) is -21.2. The molecule has 0 aromatic carbocycles. The van der Waals surface area contributed by atoms with Gasteiger partial charge in [0.15, 0.2) is 18.5 Å². The molecule has 16 nitrogen and oxygen atoms in total. The second kappa shape index (κ2) is 11.3. The normalized spacial score (nSPS) is 51.4. The molecule has 16 heteroatoms. The van der Waals surface area contributed by atoms with Gasteiger partial charge in [0.25, 0.3) is 0 Å². The number of fused-ring (bicyclic) bond motifs is 1. The van der Waals surface area contributed by atoms with Crippen LogP contribution in [0.2, 0.25) is 0 Å². The lowest BCUT2D eigenvalue weighted by molar-refractivity contribution is -0.373. The molecular formula is C20H33NO15. The van der Waals surface area contributed by atoms with Gasteiger partial charge in [-0.3, -0.25) is 0 Å². The molecular weight excluding hydrogens is 494 g/mol. The van der Waals surface area contributed by atoms with Crippen LogP contribution in [0.3, 0.4) is 0 Å². The predicted molar refractivity (Wildman–Crippen MR) is 111 cm³/mol. The summed E-state index contributed by atoms with van der Waals surface area (Å²) in [4.78, 5) is 4.14. The van der Waals surface area contributed by atoms with Crippen molar-refractivity contribution in [1.82, 2.24) is 0 Å². The molecule has 3 saturated heterocycles. The van der Waals surface area contributed by atoms with Crippen molar-refractivity contribution in [3.63, 3.8) is 0 Å². The molecule has 0 aliphatic carbocycles. The Hall–Kier alpha value is -1.09. The maximum atomic E-state index is 10.9. The van der Waals surface area contributed by atoms with Gasteiger partial charge in [-0.1, -0.05) is 0 Å². The SMILES string of the molecule is CC1=N[C@H]2[C@@H](O1)O[C@H](CO)[C@@H](O[C@@H]1O[C@H](CO)[C@@H](O)[C@H](O[C@H]3O[C@H](CO)[C@@H](O)[C@H](O)[C@@H]3O)[C@@H]1O)[C@@H]2O. The molecule has 0 saturated carbocycles. The highest BCUT2D eigenvalue weighted by Gasteiger charge is 2.54. The van der Waals surface area contributed by atoms with E-state index in [4.69, 9.17) is 28.4 Å². The monoisotopic (exact) mass is 527 g/mol. The molecule has 0 aromatic rings. The molecule has 36 heavy (non-hydrogen) atoms. The number of aliphatic hydroxyl groups excluding tert-OH is 9. The number of aliphatic imine (C=N–C) groups is 1. The number of aliphatic hydroxyl groups is 9. The molecule has 0 radical (unpaired) electrons. The van der Waals surface area contributed by atoms with Gasteiger partial charge in [0.1, 0.15) is 73.2 Å². The molecule has 0 unspecified atom stereocenters. The van der Waals surface area contributed by atoms with E-state index in [-0.39, 0.29) is 5.90 Å². The molecule has 4 rings (SSSR count). The van der Waals surface area contributed by atoms with Gasteiger partial charge >= 0.3 is 0 Å². The Morgan fingerprint density at radius 2 is 1.19 bits per heavy atom. The standard InChI is InChI=1S/C20H33NO15/c1-5-21-9-12(27)16(8(4-24)34-18(9)31-5)35-20-15(30)17(11(26)7(3-23)33-20)36-19-14(29)13(28)10(25)6(2-22)32-19/h6-20,22-30H,2-4H2,1H3/t6-,7-,8-,9-,10-,11-,12-,13+,14+,15+,16-,17+,18+,19-,20+/m1/s1. The molecule has 4 aliphatic heterocycles. The summed E-state index contributed by atoms with van der Waals surface area (Å²) in [7, 11) is 0. The fourth-order valence-electron chi connectivity index (χ4n) is 4.68. The average molecular weight is 527 g/mol. The average Bonchev–Trinajstić information content (AvgIpc) is 3.24. The number of nitrogens with zero attached hydrogens (tertiary/aromatic N) is 1. The van der Waals surface area contributed by atoms with Crippen molar-refractivity contribution >= 4 is 5.90 Å². The summed E-state index contributed by atoms with van der Waals surface area (Å²) < 4.78 is 33.0. The van der Waals surface area contributed by atoms with Crippen LogP contribution in [-0.2, 0) is 28.4 Å². The Morgan fingerprint density at radius 1 is 0.639 bits per heavy atom. The lowest BCUT2D eigenvalue weighted by Crippen LogP contribution is -2.66. The van der Waals surface area contributed by atoms with Crippen molar-refractivity contribution in [3.8, 4) is 0 Å². The first kappa shape index (κ1) is 27.9. The van der Waals surface area contributed by atoms with Gasteiger partial charge in [-0.2, -0.15) is 0 Å². The minimum Gasteiger partial charge on any atom is -0.450 e. The van der Waals surface area contributed by atoms with Crippen LogP contribution < -0.4 is 0 Å². The summed E-state index contributed by atoms with van der Waals surface area (Å²) in [6, 6.07) is -0.890. The fourth-order valence-corrected chi connectivity index (χ4v) is 4.68. The van der Waals surface area contributed by atoms with Gasteiger partial charge in [0, 0.05) is 6.92 Å². The highest BCUT2D eigenvalue weighted by Crippen LogP contribution is 2.34. The third-order valence-electron chi connectivity index (χ3n) is 6.69. The first-order valence-electron chi connectivity index (χ1n) is 11.5. The van der Waals surface area contributed by atoms with E-state index in [9.17, 15) is 46.0 Å². The molecule has 15 atom stereocenters. The van der Waals surface area contributed by atoms with E-state index in [1.807, 2.05) is 0 Å². The summed E-state index contributed by atoms with van der Waals surface area (Å²) in [5.41, 5.74) is 0. The Labute approximate surface area is 204 Å². The molecule has 0 amide bonds. The zero-order chi connectivity index (χ0) is 26.3. The highest BCUT2D eigenvalue weighted by molar-refractivity contribution is 5.75. The van der Waals surface area contributed by atoms with Gasteiger partial charge < -0.3 is 74.4 Å². The maximum absolute atomic E-state index is 10.9. The maximum Gasteiger partial charge on any atom is 0.227 e. The first-order valence-corrected chi connectivity index (χ1v) is 11.5. The minimum absolute atomic E-state index is 0.256. The van der Waals surface area contributed by atoms with E-state index in [1.165, 1.54) is 0 Å². The highest BCUT2D eigenvalue weighted by atomic mass is 16.8. The summed E-state index contributed by atoms with van der Waals surface area (Å²) in [6.45, 7) is -0.532. The lowest BCUT2D eigenvalue weighted by atomic mass is 9.95. The summed E-state index contributed by atoms with van der Waals surface area (Å²) in [5.74, 6) is 0.256. The third kappa shape index (κ3) is 5.12. The summed E-state index contributed by atoms with van der Waals surface area (Å²) >= 11 is 0. The molecule has 208 valence electrons. The molecule has 0 spiro atoms. The van der Waals surface area contributed by atoms with E-state index < -0.39 is 112 Å². The number of hydrogen-bond acceptors (Lipinski definition) is 16. The van der Waals surface area contributed by atoms with Crippen molar-refractivity contribution < 1.29 is 74.4 Å². The van der Waals surface area contributed by atoms with Crippen LogP contribution in [0.1, 0.15) is 6.92 Å². The van der Waals surface area contributed by atoms with E-state index in [0.717, 1.165) is 0 Å². The van der Waals surface area contributed by atoms with Crippen molar-refractivity contribution in [3.05, 3.63) is 0 Å². The predicted octanol–water partition coefficient (Wildman–Crippen LogP) is -6.11. The smallest absolute Gasteiger partial charge is 0.227 e. The lowest BCUT2D eigenvalue weighted by Gasteiger charge is -2.47. The van der Waals surface area contributed by atoms with Crippen LogP contribution in [0.4, 0.5) is 0 Å². The largest absolute Gasteiger partial charge is 0.450 e. The van der Waals surface area contributed by atoms with Gasteiger partial charge in [0.2, 0.25) is 6.29 Å². The van der Waals surface area contributed by atoms with E-state index >= 15 is 0 Å². The van der Waals surface area contributed by atoms with Crippen molar-refractivity contribution in [2.45, 2.75) is 99.0 Å². The summed E-state index contributed by atoms with van der Waals surface area (Å²) in [5, 5.41) is 91.4. The van der Waals surface area contributed by atoms with Gasteiger partial charge in [-0.15, -0.1) is 0 Å². The quantitative estimate of drug-likeness (QED) is 0.149. The van der Waals surface area contributed by atoms with Crippen molar-refractivity contribution in [2.75, 3.05) is 19.8 Å². The van der Waals surface area contributed by atoms with Crippen LogP contribution >= 0.6 is 0 Å². The minimum atomic E-state index is -1.83. The van der Waals surface area contributed by atoms with Crippen LogP contribution in [0, 0.1) is 0 Å². The molecule has 4 heterocycles. The van der Waals surface area contributed by atoms with E-state index in [2.05, 4.69) is 4.99 Å². The molecule has 0 bridgehead atoms. The van der Waals surface area contributed by atoms with Crippen LogP contribution in [0.15, 0.2) is 4.99 Å². The number of ether oxygens (including phenoxy) is 6. The number of hydrogen-bond donors (Lipinski definition) is 9. The van der Waals surface area contributed by atoms with E-state index in [0.29, 0.717) is 0 Å². The van der Waals surface area contributed by atoms with Crippen molar-refractivity contribution in [2.24, 2.45) is 4.99 Å². The van der Waals surface area contributed by atoms with Crippen LogP contribution in [0.25, 0.3) is 0 Å². The molecule has 0 aromatic heterocycles. The second-order valence-corrected chi connectivity index (χ2v) is 9.08. The first-order chi connectivity index (χ1) is 17.1. The molecule has 4 aliphatic rings. The Morgan fingerprint density at radius 3 is 1.81 bits per heavy atom. The second-order valence-electron chi connectivity index (χ2n) is 9.08. The third-order valence-corrected chi connectivity index (χ3v) is 6.69. The molecule has 9 N–H and O–H groups in total. The Kier molecular flexibility index (Phi) is 8.80. The number of rotatable bonds is 7. The van der Waals surface area contributed by atoms with Crippen LogP contribution in [0.5, 0.6) is 0 Å². The fraction of sp³-hybridized carbons (Fsp3) is 0.950. The zero-order valence-corrected chi connectivity index (χ0v) is 19.2. The molecule has 3 fully saturated rings. The van der Waals surface area contributed by atoms with Gasteiger partial charge in [0.05, 0.1) is 19.8 Å². The Bertz CT molecular complexity index is 771. The van der Waals surface area contributed by atoms with Crippen molar-refractivity contribution in [1.29, 1.82) is 0 Å². The Balaban J connectivity index is 1.51. The zero-order valence-electron chi connectivity index (χ0n) is 19.2. The van der Waals surface area contributed by atoms with Crippen LogP contribution in [-0.4, -0.2) is 164 Å². The van der Waals surface area contributed by atoms with Gasteiger partial charge in [-0.05, 0) is 0 Å².